The van der Waals surface area contributed by atoms with E-state index in [9.17, 15) is 9.18 Å². The van der Waals surface area contributed by atoms with Crippen molar-refractivity contribution in [3.8, 4) is 0 Å². The predicted octanol–water partition coefficient (Wildman–Crippen LogP) is 2.46. The van der Waals surface area contributed by atoms with Gasteiger partial charge in [-0.1, -0.05) is 11.3 Å². The Morgan fingerprint density at radius 1 is 1.26 bits per heavy atom. The largest absolute Gasteiger partial charge is 0.332 e. The molecule has 122 valence electrons. The molecule has 2 heterocycles. The number of carbonyl (C=O) groups is 1. The van der Waals surface area contributed by atoms with Crippen LogP contribution in [-0.4, -0.2) is 60.3 Å². The minimum absolute atomic E-state index is 0.0965. The molecule has 1 aliphatic heterocycles. The maximum atomic E-state index is 12.9. The lowest BCUT2D eigenvalue weighted by Gasteiger charge is -2.31. The molecule has 1 aliphatic rings. The molecule has 1 N–H and O–H groups in total. The summed E-state index contributed by atoms with van der Waals surface area (Å²) >= 11 is 1.33. The number of thiazole rings is 1. The smallest absolute Gasteiger partial charge is 0.188 e. The van der Waals surface area contributed by atoms with E-state index < -0.39 is 0 Å². The van der Waals surface area contributed by atoms with E-state index in [1.165, 1.54) is 23.5 Å². The molecule has 0 atom stereocenters. The van der Waals surface area contributed by atoms with Gasteiger partial charge in [0.05, 0.1) is 17.6 Å². The van der Waals surface area contributed by atoms with Crippen LogP contribution < -0.4 is 5.32 Å². The van der Waals surface area contributed by atoms with Gasteiger partial charge in [-0.15, -0.1) is 0 Å². The summed E-state index contributed by atoms with van der Waals surface area (Å²) in [6.07, 6.45) is 1.61. The molecular formula is C16H19FN4OS. The molecule has 1 fully saturated rings. The predicted molar refractivity (Wildman–Crippen MR) is 90.1 cm³/mol. The maximum absolute atomic E-state index is 12.9. The highest BCUT2D eigenvalue weighted by atomic mass is 32.1. The van der Waals surface area contributed by atoms with Gasteiger partial charge < -0.3 is 10.2 Å². The Balaban J connectivity index is 1.57. The molecule has 7 heteroatoms. The van der Waals surface area contributed by atoms with Crippen LogP contribution in [0.3, 0.4) is 0 Å². The van der Waals surface area contributed by atoms with Crippen LogP contribution in [0.1, 0.15) is 9.67 Å². The molecule has 23 heavy (non-hydrogen) atoms. The molecule has 0 unspecified atom stereocenters. The van der Waals surface area contributed by atoms with Gasteiger partial charge in [0.1, 0.15) is 5.82 Å². The highest BCUT2D eigenvalue weighted by Gasteiger charge is 2.19. The number of halogens is 1. The average Bonchev–Trinajstić information content (AvgIpc) is 3.00. The summed E-state index contributed by atoms with van der Waals surface area (Å²) in [6, 6.07) is 6.05. The summed E-state index contributed by atoms with van der Waals surface area (Å²) in [6.45, 7) is 4.26. The van der Waals surface area contributed by atoms with Gasteiger partial charge in [0.15, 0.2) is 10.9 Å². The minimum Gasteiger partial charge on any atom is -0.332 e. The van der Waals surface area contributed by atoms with Crippen LogP contribution in [0.2, 0.25) is 0 Å². The van der Waals surface area contributed by atoms with E-state index in [0.29, 0.717) is 16.6 Å². The number of likely N-dealkylation sites (N-methyl/N-ethyl adjacent to an activating group) is 1. The molecule has 0 aliphatic carbocycles. The molecule has 2 aromatic rings. The van der Waals surface area contributed by atoms with Crippen molar-refractivity contribution in [3.63, 3.8) is 0 Å². The highest BCUT2D eigenvalue weighted by Crippen LogP contribution is 2.23. The number of hydrogen-bond acceptors (Lipinski definition) is 6. The number of Topliss-reactive ketones (excluding diaryl/α,β-unsaturated/α-hetero) is 1. The first-order valence-electron chi connectivity index (χ1n) is 7.53. The summed E-state index contributed by atoms with van der Waals surface area (Å²) < 4.78 is 12.9. The second kappa shape index (κ2) is 7.16. The Bertz CT molecular complexity index is 665. The monoisotopic (exact) mass is 334 g/mol. The number of hydrogen-bond donors (Lipinski definition) is 1. The van der Waals surface area contributed by atoms with Gasteiger partial charge in [0, 0.05) is 31.9 Å². The Hall–Kier alpha value is -1.83. The number of nitrogens with one attached hydrogen (secondary N) is 1. The standard InChI is InChI=1S/C16H19FN4OS/c1-20-6-8-21(9-7-20)11-14(22)15-10-18-16(23-15)19-13-4-2-12(17)3-5-13/h2-5,10H,6-9,11H2,1H3,(H,18,19). The zero-order valence-corrected chi connectivity index (χ0v) is 13.8. The summed E-state index contributed by atoms with van der Waals surface area (Å²) in [5, 5.41) is 3.72. The molecule has 1 aromatic heterocycles. The summed E-state index contributed by atoms with van der Waals surface area (Å²) in [4.78, 5) is 21.7. The SMILES string of the molecule is CN1CCN(CC(=O)c2cnc(Nc3ccc(F)cc3)s2)CC1. The van der Waals surface area contributed by atoms with Crippen molar-refractivity contribution in [3.05, 3.63) is 41.2 Å². The summed E-state index contributed by atoms with van der Waals surface area (Å²) in [5.74, 6) is -0.183. The maximum Gasteiger partial charge on any atom is 0.188 e. The summed E-state index contributed by atoms with van der Waals surface area (Å²) in [5.41, 5.74) is 0.749. The number of anilines is 2. The molecule has 1 aromatic carbocycles. The van der Waals surface area contributed by atoms with Crippen molar-refractivity contribution in [1.29, 1.82) is 0 Å². The number of aromatic nitrogens is 1. The third-order valence-electron chi connectivity index (χ3n) is 3.84. The Kier molecular flexibility index (Phi) is 5.00. The van der Waals surface area contributed by atoms with Crippen molar-refractivity contribution < 1.29 is 9.18 Å². The highest BCUT2D eigenvalue weighted by molar-refractivity contribution is 7.17. The molecule has 0 saturated carbocycles. The van der Waals surface area contributed by atoms with Crippen LogP contribution in [0.5, 0.6) is 0 Å². The number of ketones is 1. The Morgan fingerprint density at radius 2 is 1.96 bits per heavy atom. The quantitative estimate of drug-likeness (QED) is 0.851. The van der Waals surface area contributed by atoms with Crippen LogP contribution >= 0.6 is 11.3 Å². The zero-order chi connectivity index (χ0) is 16.2. The van der Waals surface area contributed by atoms with Crippen molar-refractivity contribution in [2.24, 2.45) is 0 Å². The lowest BCUT2D eigenvalue weighted by molar-refractivity contribution is 0.0880. The van der Waals surface area contributed by atoms with Crippen molar-refractivity contribution >= 4 is 27.9 Å². The number of nitrogens with zero attached hydrogens (tertiary/aromatic N) is 3. The van der Waals surface area contributed by atoms with E-state index in [2.05, 4.69) is 27.1 Å². The average molecular weight is 334 g/mol. The van der Waals surface area contributed by atoms with Gasteiger partial charge in [0.2, 0.25) is 0 Å². The molecule has 0 bridgehead atoms. The van der Waals surface area contributed by atoms with Crippen LogP contribution in [0.4, 0.5) is 15.2 Å². The topological polar surface area (TPSA) is 48.5 Å². The fraction of sp³-hybridized carbons (Fsp3) is 0.375. The van der Waals surface area contributed by atoms with E-state index in [1.807, 2.05) is 0 Å². The lowest BCUT2D eigenvalue weighted by Crippen LogP contribution is -2.46. The minimum atomic E-state index is -0.280. The van der Waals surface area contributed by atoms with Gasteiger partial charge in [-0.05, 0) is 31.3 Å². The third kappa shape index (κ3) is 4.34. The molecule has 0 amide bonds. The van der Waals surface area contributed by atoms with Gasteiger partial charge in [0.25, 0.3) is 0 Å². The van der Waals surface area contributed by atoms with Gasteiger partial charge >= 0.3 is 0 Å². The van der Waals surface area contributed by atoms with Crippen molar-refractivity contribution in [1.82, 2.24) is 14.8 Å². The van der Waals surface area contributed by atoms with E-state index in [-0.39, 0.29) is 11.6 Å². The molecule has 3 rings (SSSR count). The molecule has 5 nitrogen and oxygen atoms in total. The second-order valence-corrected chi connectivity index (χ2v) is 6.69. The number of piperazine rings is 1. The van der Waals surface area contributed by atoms with Gasteiger partial charge in [-0.2, -0.15) is 0 Å². The van der Waals surface area contributed by atoms with Crippen molar-refractivity contribution in [2.45, 2.75) is 0 Å². The zero-order valence-electron chi connectivity index (χ0n) is 13.0. The Labute approximate surface area is 138 Å². The Morgan fingerprint density at radius 3 is 2.65 bits per heavy atom. The number of benzene rings is 1. The van der Waals surface area contributed by atoms with E-state index in [4.69, 9.17) is 0 Å². The first-order valence-corrected chi connectivity index (χ1v) is 8.34. The molecule has 1 saturated heterocycles. The normalized spacial score (nSPS) is 16.4. The van der Waals surface area contributed by atoms with Crippen LogP contribution in [0.25, 0.3) is 0 Å². The first-order chi connectivity index (χ1) is 11.1. The fourth-order valence-corrected chi connectivity index (χ4v) is 3.17. The van der Waals surface area contributed by atoms with E-state index in [0.717, 1.165) is 31.9 Å². The van der Waals surface area contributed by atoms with Crippen molar-refractivity contribution in [2.75, 3.05) is 45.1 Å². The number of rotatable bonds is 5. The molecular weight excluding hydrogens is 315 g/mol. The molecule has 0 radical (unpaired) electrons. The number of carbonyl (C=O) groups excluding carboxylic acids is 1. The first kappa shape index (κ1) is 16.0. The van der Waals surface area contributed by atoms with E-state index in [1.54, 1.807) is 18.3 Å². The summed E-state index contributed by atoms with van der Waals surface area (Å²) in [7, 11) is 2.09. The molecule has 0 spiro atoms. The second-order valence-electron chi connectivity index (χ2n) is 5.66. The van der Waals surface area contributed by atoms with Gasteiger partial charge in [-0.3, -0.25) is 9.69 Å². The van der Waals surface area contributed by atoms with Crippen LogP contribution in [0.15, 0.2) is 30.5 Å². The van der Waals surface area contributed by atoms with Crippen LogP contribution in [-0.2, 0) is 0 Å². The fourth-order valence-electron chi connectivity index (χ4n) is 2.40. The van der Waals surface area contributed by atoms with Gasteiger partial charge in [-0.25, -0.2) is 9.37 Å². The van der Waals surface area contributed by atoms with Crippen LogP contribution in [0, 0.1) is 5.82 Å². The third-order valence-corrected chi connectivity index (χ3v) is 4.79. The lowest BCUT2D eigenvalue weighted by atomic mass is 10.2. The van der Waals surface area contributed by atoms with E-state index >= 15 is 0 Å².